The molecule has 3 heterocycles. The summed E-state index contributed by atoms with van der Waals surface area (Å²) < 4.78 is 4.33. The molecule has 4 rings (SSSR count). The number of thiazole rings is 1. The van der Waals surface area contributed by atoms with Crippen molar-refractivity contribution in [3.05, 3.63) is 35.0 Å². The molecule has 2 N–H and O–H groups in total. The molecule has 0 amide bonds. The van der Waals surface area contributed by atoms with Crippen LogP contribution in [0.4, 0.5) is 0 Å². The highest BCUT2D eigenvalue weighted by molar-refractivity contribution is 7.15. The Labute approximate surface area is 121 Å². The fourth-order valence-electron chi connectivity index (χ4n) is 3.03. The highest BCUT2D eigenvalue weighted by Gasteiger charge is 2.21. The van der Waals surface area contributed by atoms with E-state index in [1.165, 1.54) is 29.9 Å². The second kappa shape index (κ2) is 4.71. The van der Waals surface area contributed by atoms with Crippen molar-refractivity contribution in [2.24, 2.45) is 5.73 Å². The lowest BCUT2D eigenvalue weighted by Crippen LogP contribution is -2.11. The number of rotatable bonds is 3. The molecule has 20 heavy (non-hydrogen) atoms. The molecule has 0 spiro atoms. The number of hydrogen-bond donors (Lipinski definition) is 1. The number of hydrogen-bond acceptors (Lipinski definition) is 4. The van der Waals surface area contributed by atoms with Crippen molar-refractivity contribution in [1.82, 2.24) is 18.9 Å². The SMILES string of the molecule is NCCc1c(-n2cnc3c2CCCC3)nc2sccn12. The van der Waals surface area contributed by atoms with Crippen molar-refractivity contribution in [3.8, 4) is 5.82 Å². The zero-order valence-corrected chi connectivity index (χ0v) is 12.1. The quantitative estimate of drug-likeness (QED) is 0.801. The Hall–Kier alpha value is -1.66. The van der Waals surface area contributed by atoms with Crippen LogP contribution in [0, 0.1) is 0 Å². The molecule has 6 heteroatoms. The van der Waals surface area contributed by atoms with Crippen LogP contribution in [0.2, 0.25) is 0 Å². The maximum absolute atomic E-state index is 5.78. The summed E-state index contributed by atoms with van der Waals surface area (Å²) in [7, 11) is 0. The van der Waals surface area contributed by atoms with Crippen molar-refractivity contribution in [2.45, 2.75) is 32.1 Å². The number of fused-ring (bicyclic) bond motifs is 2. The molecule has 0 aliphatic heterocycles. The van der Waals surface area contributed by atoms with Crippen molar-refractivity contribution >= 4 is 16.3 Å². The van der Waals surface area contributed by atoms with Gasteiger partial charge in [-0.25, -0.2) is 9.97 Å². The van der Waals surface area contributed by atoms with E-state index < -0.39 is 0 Å². The molecule has 0 saturated carbocycles. The molecule has 0 unspecified atom stereocenters. The van der Waals surface area contributed by atoms with Crippen molar-refractivity contribution < 1.29 is 0 Å². The van der Waals surface area contributed by atoms with E-state index in [4.69, 9.17) is 10.7 Å². The number of aromatic nitrogens is 4. The first-order valence-corrected chi connectivity index (χ1v) is 7.96. The lowest BCUT2D eigenvalue weighted by molar-refractivity contribution is 0.653. The van der Waals surface area contributed by atoms with Crippen LogP contribution < -0.4 is 5.73 Å². The van der Waals surface area contributed by atoms with E-state index in [1.807, 2.05) is 6.33 Å². The van der Waals surface area contributed by atoms with Gasteiger partial charge in [-0.3, -0.25) is 8.97 Å². The van der Waals surface area contributed by atoms with Gasteiger partial charge in [-0.2, -0.15) is 0 Å². The Balaban J connectivity index is 1.91. The first-order valence-electron chi connectivity index (χ1n) is 7.08. The molecule has 5 nitrogen and oxygen atoms in total. The number of aryl methyl sites for hydroxylation is 1. The molecule has 3 aromatic rings. The van der Waals surface area contributed by atoms with E-state index in [-0.39, 0.29) is 0 Å². The molecule has 0 atom stereocenters. The lowest BCUT2D eigenvalue weighted by Gasteiger charge is -2.13. The second-order valence-electron chi connectivity index (χ2n) is 5.19. The fraction of sp³-hybridized carbons (Fsp3) is 0.429. The summed E-state index contributed by atoms with van der Waals surface area (Å²) in [5, 5.41) is 2.06. The normalized spacial score (nSPS) is 14.8. The lowest BCUT2D eigenvalue weighted by atomic mass is 10.0. The molecular weight excluding hydrogens is 270 g/mol. The highest BCUT2D eigenvalue weighted by atomic mass is 32.1. The van der Waals surface area contributed by atoms with Gasteiger partial charge in [0.2, 0.25) is 0 Å². The minimum absolute atomic E-state index is 0.632. The Morgan fingerprint density at radius 3 is 3.10 bits per heavy atom. The molecule has 0 aromatic carbocycles. The van der Waals surface area contributed by atoms with Crippen LogP contribution in [0.3, 0.4) is 0 Å². The van der Waals surface area contributed by atoms with Gasteiger partial charge in [0.15, 0.2) is 10.8 Å². The summed E-state index contributed by atoms with van der Waals surface area (Å²) in [5.74, 6) is 1.01. The average Bonchev–Trinajstić information content (AvgIpc) is 3.14. The van der Waals surface area contributed by atoms with Crippen molar-refractivity contribution in [3.63, 3.8) is 0 Å². The third kappa shape index (κ3) is 1.72. The predicted octanol–water partition coefficient (Wildman–Crippen LogP) is 1.96. The topological polar surface area (TPSA) is 61.1 Å². The van der Waals surface area contributed by atoms with Crippen LogP contribution in [-0.4, -0.2) is 25.5 Å². The highest BCUT2D eigenvalue weighted by Crippen LogP contribution is 2.26. The van der Waals surface area contributed by atoms with Gasteiger partial charge in [-0.05, 0) is 32.2 Å². The first kappa shape index (κ1) is 12.1. The minimum Gasteiger partial charge on any atom is -0.330 e. The van der Waals surface area contributed by atoms with Gasteiger partial charge in [-0.1, -0.05) is 0 Å². The summed E-state index contributed by atoms with van der Waals surface area (Å²) in [4.78, 5) is 10.4. The third-order valence-electron chi connectivity index (χ3n) is 3.98. The average molecular weight is 287 g/mol. The predicted molar refractivity (Wildman–Crippen MR) is 79.6 cm³/mol. The molecule has 1 aliphatic rings. The number of nitrogens with two attached hydrogens (primary N) is 1. The third-order valence-corrected chi connectivity index (χ3v) is 4.74. The van der Waals surface area contributed by atoms with Gasteiger partial charge in [0.05, 0.1) is 11.4 Å². The molecule has 0 fully saturated rings. The molecule has 0 saturated heterocycles. The van der Waals surface area contributed by atoms with Gasteiger partial charge in [0.1, 0.15) is 6.33 Å². The van der Waals surface area contributed by atoms with Crippen LogP contribution in [0.1, 0.15) is 29.9 Å². The zero-order chi connectivity index (χ0) is 13.5. The molecule has 0 bridgehead atoms. The van der Waals surface area contributed by atoms with Crippen LogP contribution in [0.25, 0.3) is 10.8 Å². The molecule has 3 aromatic heterocycles. The smallest absolute Gasteiger partial charge is 0.195 e. The van der Waals surface area contributed by atoms with E-state index in [2.05, 4.69) is 25.5 Å². The molecular formula is C14H17N5S. The van der Waals surface area contributed by atoms with Gasteiger partial charge in [-0.15, -0.1) is 11.3 Å². The largest absolute Gasteiger partial charge is 0.330 e. The van der Waals surface area contributed by atoms with E-state index in [0.29, 0.717) is 6.54 Å². The fourth-order valence-corrected chi connectivity index (χ4v) is 3.76. The van der Waals surface area contributed by atoms with Gasteiger partial charge >= 0.3 is 0 Å². The van der Waals surface area contributed by atoms with E-state index in [0.717, 1.165) is 30.0 Å². The standard InChI is InChI=1S/C14H17N5S/c15-6-5-12-13(17-14-18(12)7-8-20-14)19-9-16-10-3-1-2-4-11(10)19/h7-9H,1-6,15H2. The van der Waals surface area contributed by atoms with E-state index in [1.54, 1.807) is 11.3 Å². The number of imidazole rings is 2. The van der Waals surface area contributed by atoms with Gasteiger partial charge in [0.25, 0.3) is 0 Å². The minimum atomic E-state index is 0.632. The summed E-state index contributed by atoms with van der Waals surface area (Å²) in [6.07, 6.45) is 9.53. The van der Waals surface area contributed by atoms with Crippen molar-refractivity contribution in [2.75, 3.05) is 6.54 Å². The molecule has 104 valence electrons. The van der Waals surface area contributed by atoms with Crippen LogP contribution >= 0.6 is 11.3 Å². The molecule has 1 aliphatic carbocycles. The summed E-state index contributed by atoms with van der Waals surface area (Å²) in [6.45, 7) is 0.632. The molecule has 0 radical (unpaired) electrons. The Kier molecular flexibility index (Phi) is 2.85. The van der Waals surface area contributed by atoms with Crippen LogP contribution in [0.5, 0.6) is 0 Å². The zero-order valence-electron chi connectivity index (χ0n) is 11.2. The van der Waals surface area contributed by atoms with Crippen LogP contribution in [0.15, 0.2) is 17.9 Å². The van der Waals surface area contributed by atoms with Gasteiger partial charge in [0, 0.05) is 23.7 Å². The van der Waals surface area contributed by atoms with Crippen LogP contribution in [-0.2, 0) is 19.3 Å². The second-order valence-corrected chi connectivity index (χ2v) is 6.06. The Morgan fingerprint density at radius 1 is 1.30 bits per heavy atom. The maximum Gasteiger partial charge on any atom is 0.195 e. The first-order chi connectivity index (χ1) is 9.88. The Bertz CT molecular complexity index is 751. The Morgan fingerprint density at radius 2 is 2.20 bits per heavy atom. The van der Waals surface area contributed by atoms with E-state index >= 15 is 0 Å². The summed E-state index contributed by atoms with van der Waals surface area (Å²) in [5.41, 5.74) is 9.54. The summed E-state index contributed by atoms with van der Waals surface area (Å²) in [6, 6.07) is 0. The number of nitrogens with zero attached hydrogens (tertiary/aromatic N) is 4. The van der Waals surface area contributed by atoms with E-state index in [9.17, 15) is 0 Å². The maximum atomic E-state index is 5.78. The summed E-state index contributed by atoms with van der Waals surface area (Å²) >= 11 is 1.66. The monoisotopic (exact) mass is 287 g/mol. The van der Waals surface area contributed by atoms with Gasteiger partial charge < -0.3 is 5.73 Å². The van der Waals surface area contributed by atoms with Crippen molar-refractivity contribution in [1.29, 1.82) is 0 Å².